The van der Waals surface area contributed by atoms with E-state index in [-0.39, 0.29) is 12.8 Å². The van der Waals surface area contributed by atoms with E-state index in [0.29, 0.717) is 12.1 Å². The first-order chi connectivity index (χ1) is 8.89. The van der Waals surface area contributed by atoms with Crippen LogP contribution in [0.2, 0.25) is 0 Å². The predicted octanol–water partition coefficient (Wildman–Crippen LogP) is 2.23. The number of carbonyl (C=O) groups is 2. The number of halogens is 3. The fourth-order valence-electron chi connectivity index (χ4n) is 1.14. The molecule has 0 spiro atoms. The number of ether oxygens (including phenoxy) is 1. The molecule has 1 aromatic heterocycles. The zero-order valence-corrected chi connectivity index (χ0v) is 9.74. The number of aromatic nitrogens is 2. The number of H-pyrrole nitrogens is 1. The lowest BCUT2D eigenvalue weighted by molar-refractivity contribution is -0.201. The maximum absolute atomic E-state index is 11.8. The lowest BCUT2D eigenvalue weighted by atomic mass is 10.2. The number of allylic oxidation sites excluding steroid dienone is 1. The van der Waals surface area contributed by atoms with Gasteiger partial charge in [-0.1, -0.05) is 6.08 Å². The van der Waals surface area contributed by atoms with Crippen LogP contribution in [0.1, 0.15) is 25.0 Å². The first kappa shape index (κ1) is 14.9. The molecule has 0 bridgehead atoms. The number of alkyl halides is 3. The van der Waals surface area contributed by atoms with E-state index in [1.165, 1.54) is 6.33 Å². The quantitative estimate of drug-likeness (QED) is 0.508. The van der Waals surface area contributed by atoms with Crippen molar-refractivity contribution in [2.45, 2.75) is 25.4 Å². The third-order valence-corrected chi connectivity index (χ3v) is 2.00. The number of carbonyl (C=O) groups excluding carboxylic acids is 2. The van der Waals surface area contributed by atoms with Crippen LogP contribution in [0.15, 0.2) is 18.6 Å². The van der Waals surface area contributed by atoms with Gasteiger partial charge in [0.2, 0.25) is 0 Å². The number of aromatic amines is 1. The topological polar surface area (TPSA) is 72.1 Å². The van der Waals surface area contributed by atoms with E-state index in [1.54, 1.807) is 18.3 Å². The minimum atomic E-state index is -5.14. The second-order valence-corrected chi connectivity index (χ2v) is 3.55. The van der Waals surface area contributed by atoms with E-state index in [2.05, 4.69) is 14.7 Å². The Morgan fingerprint density at radius 1 is 1.42 bits per heavy atom. The van der Waals surface area contributed by atoms with Gasteiger partial charge < -0.3 is 9.72 Å². The molecule has 5 nitrogen and oxygen atoms in total. The van der Waals surface area contributed by atoms with Crippen LogP contribution in [-0.4, -0.2) is 28.1 Å². The Kier molecular flexibility index (Phi) is 5.28. The van der Waals surface area contributed by atoms with Gasteiger partial charge in [-0.05, 0) is 18.9 Å². The standard InChI is InChI=1S/C11H11F3N2O3/c12-11(13,14)10(18)19-9(17)5-3-1-2-4-8-6-15-7-16-8/h2,4,6-7H,1,3,5H2,(H,15,16). The highest BCUT2D eigenvalue weighted by molar-refractivity contribution is 5.88. The lowest BCUT2D eigenvalue weighted by Gasteiger charge is -2.04. The van der Waals surface area contributed by atoms with Crippen molar-refractivity contribution in [2.24, 2.45) is 0 Å². The molecule has 0 aliphatic heterocycles. The summed E-state index contributed by atoms with van der Waals surface area (Å²) in [4.78, 5) is 27.9. The molecule has 0 aliphatic carbocycles. The monoisotopic (exact) mass is 276 g/mol. The van der Waals surface area contributed by atoms with E-state index in [0.717, 1.165) is 0 Å². The number of nitrogens with zero attached hydrogens (tertiary/aromatic N) is 1. The number of nitrogens with one attached hydrogen (secondary N) is 1. The van der Waals surface area contributed by atoms with Crippen molar-refractivity contribution in [2.75, 3.05) is 0 Å². The number of imidazole rings is 1. The number of hydrogen-bond acceptors (Lipinski definition) is 4. The Labute approximate surface area is 106 Å². The van der Waals surface area contributed by atoms with Crippen LogP contribution in [0.25, 0.3) is 6.08 Å². The minimum absolute atomic E-state index is 0.257. The van der Waals surface area contributed by atoms with Crippen LogP contribution in [0, 0.1) is 0 Å². The zero-order valence-electron chi connectivity index (χ0n) is 9.74. The molecule has 1 N–H and O–H groups in total. The summed E-state index contributed by atoms with van der Waals surface area (Å²) in [6.07, 6.45) is 1.92. The molecular weight excluding hydrogens is 265 g/mol. The van der Waals surface area contributed by atoms with Gasteiger partial charge >= 0.3 is 18.1 Å². The van der Waals surface area contributed by atoms with Gasteiger partial charge in [-0.2, -0.15) is 13.2 Å². The van der Waals surface area contributed by atoms with Crippen LogP contribution >= 0.6 is 0 Å². The summed E-state index contributed by atoms with van der Waals surface area (Å²) in [6.45, 7) is 0. The van der Waals surface area contributed by atoms with Gasteiger partial charge in [-0.25, -0.2) is 9.78 Å². The third kappa shape index (κ3) is 5.84. The molecule has 0 aromatic carbocycles. The first-order valence-electron chi connectivity index (χ1n) is 5.37. The summed E-state index contributed by atoms with van der Waals surface area (Å²) in [5, 5.41) is 0. The molecule has 0 fully saturated rings. The van der Waals surface area contributed by atoms with E-state index in [1.807, 2.05) is 0 Å². The number of unbranched alkanes of at least 4 members (excludes halogenated alkanes) is 1. The lowest BCUT2D eigenvalue weighted by Crippen LogP contribution is -2.27. The molecule has 0 radical (unpaired) electrons. The van der Waals surface area contributed by atoms with Gasteiger partial charge in [-0.15, -0.1) is 0 Å². The molecule has 1 rings (SSSR count). The smallest absolute Gasteiger partial charge is 0.386 e. The SMILES string of the molecule is O=C(CCCC=Cc1c[nH]cn1)OC(=O)C(F)(F)F. The minimum Gasteiger partial charge on any atom is -0.386 e. The number of esters is 2. The highest BCUT2D eigenvalue weighted by atomic mass is 19.4. The molecule has 0 aliphatic rings. The van der Waals surface area contributed by atoms with Crippen molar-refractivity contribution in [1.29, 1.82) is 0 Å². The normalized spacial score (nSPS) is 11.7. The van der Waals surface area contributed by atoms with Crippen LogP contribution in [0.3, 0.4) is 0 Å². The summed E-state index contributed by atoms with van der Waals surface area (Å²) < 4.78 is 38.9. The highest BCUT2D eigenvalue weighted by Gasteiger charge is 2.42. The Morgan fingerprint density at radius 3 is 2.74 bits per heavy atom. The average molecular weight is 276 g/mol. The molecule has 1 aromatic rings. The highest BCUT2D eigenvalue weighted by Crippen LogP contribution is 2.17. The van der Waals surface area contributed by atoms with Gasteiger partial charge in [0.1, 0.15) is 0 Å². The molecule has 104 valence electrons. The van der Waals surface area contributed by atoms with Gasteiger partial charge in [-0.3, -0.25) is 4.79 Å². The number of rotatable bonds is 5. The fourth-order valence-corrected chi connectivity index (χ4v) is 1.14. The van der Waals surface area contributed by atoms with Crippen LogP contribution < -0.4 is 0 Å². The van der Waals surface area contributed by atoms with Crippen molar-refractivity contribution < 1.29 is 27.5 Å². The van der Waals surface area contributed by atoms with E-state index >= 15 is 0 Å². The Hall–Kier alpha value is -2.12. The molecule has 0 atom stereocenters. The van der Waals surface area contributed by atoms with Gasteiger partial charge in [0.05, 0.1) is 12.0 Å². The Morgan fingerprint density at radius 2 is 2.16 bits per heavy atom. The molecular formula is C11H11F3N2O3. The van der Waals surface area contributed by atoms with Crippen molar-refractivity contribution in [3.8, 4) is 0 Å². The van der Waals surface area contributed by atoms with E-state index in [9.17, 15) is 22.8 Å². The third-order valence-electron chi connectivity index (χ3n) is 2.00. The molecule has 0 saturated carbocycles. The van der Waals surface area contributed by atoms with Crippen molar-refractivity contribution in [1.82, 2.24) is 9.97 Å². The Balaban J connectivity index is 2.19. The summed E-state index contributed by atoms with van der Waals surface area (Å²) in [5.41, 5.74) is 0.704. The average Bonchev–Trinajstić information content (AvgIpc) is 2.80. The summed E-state index contributed by atoms with van der Waals surface area (Å²) in [7, 11) is 0. The molecule has 8 heteroatoms. The molecule has 0 amide bonds. The largest absolute Gasteiger partial charge is 0.491 e. The van der Waals surface area contributed by atoms with Crippen molar-refractivity contribution >= 4 is 18.0 Å². The molecule has 0 saturated heterocycles. The van der Waals surface area contributed by atoms with Crippen molar-refractivity contribution in [3.05, 3.63) is 24.3 Å². The van der Waals surface area contributed by atoms with Crippen LogP contribution in [-0.2, 0) is 14.3 Å². The summed E-state index contributed by atoms with van der Waals surface area (Å²) >= 11 is 0. The molecule has 1 heterocycles. The van der Waals surface area contributed by atoms with Crippen LogP contribution in [0.4, 0.5) is 13.2 Å². The van der Waals surface area contributed by atoms with Gasteiger partial charge in [0.25, 0.3) is 0 Å². The van der Waals surface area contributed by atoms with Gasteiger partial charge in [0.15, 0.2) is 0 Å². The van der Waals surface area contributed by atoms with Crippen molar-refractivity contribution in [3.63, 3.8) is 0 Å². The predicted molar refractivity (Wildman–Crippen MR) is 58.6 cm³/mol. The fraction of sp³-hybridized carbons (Fsp3) is 0.364. The summed E-state index contributed by atoms with van der Waals surface area (Å²) in [6, 6.07) is 0. The molecule has 0 unspecified atom stereocenters. The van der Waals surface area contributed by atoms with Crippen LogP contribution in [0.5, 0.6) is 0 Å². The molecule has 19 heavy (non-hydrogen) atoms. The zero-order chi connectivity index (χ0) is 14.3. The van der Waals surface area contributed by atoms with E-state index in [4.69, 9.17) is 0 Å². The Bertz CT molecular complexity index is 452. The number of hydrogen-bond donors (Lipinski definition) is 1. The first-order valence-corrected chi connectivity index (χ1v) is 5.37. The second kappa shape index (κ2) is 6.72. The summed E-state index contributed by atoms with van der Waals surface area (Å²) in [5.74, 6) is -3.67. The maximum Gasteiger partial charge on any atom is 0.491 e. The second-order valence-electron chi connectivity index (χ2n) is 3.55. The maximum atomic E-state index is 11.8. The van der Waals surface area contributed by atoms with E-state index < -0.39 is 18.1 Å². The van der Waals surface area contributed by atoms with Gasteiger partial charge in [0, 0.05) is 12.6 Å².